The van der Waals surface area contributed by atoms with E-state index in [2.05, 4.69) is 56.5 Å². The molecule has 8 nitrogen and oxygen atoms in total. The zero-order chi connectivity index (χ0) is 34.7. The van der Waals surface area contributed by atoms with E-state index >= 15 is 0 Å². The zero-order valence-corrected chi connectivity index (χ0v) is 30.3. The van der Waals surface area contributed by atoms with Crippen molar-refractivity contribution in [2.45, 2.75) is 85.6 Å². The standard InChI is InChI=1S/C40H49N5O3S/c1-6-27-11-10-12-28(7-2)36(27)45-34(23-25(3)4)32(39(47)44-21-19-41-20-22-44)24-33(40(45)48)38-43-35(26(5)49-38)29-15-17-30(18-16-29)37(46)42-31-13-8-9-14-31/h10-12,15-18,24-25,31,41H,6-9,13-14,19-23H2,1-5H3,(H,42,46). The van der Waals surface area contributed by atoms with Gasteiger partial charge in [0.05, 0.1) is 22.5 Å². The molecule has 3 heterocycles. The third-order valence-corrected chi connectivity index (χ3v) is 10.9. The van der Waals surface area contributed by atoms with Crippen molar-refractivity contribution >= 4 is 23.2 Å². The van der Waals surface area contributed by atoms with Crippen LogP contribution in [0.2, 0.25) is 0 Å². The molecule has 9 heteroatoms. The number of piperazine rings is 1. The van der Waals surface area contributed by atoms with Gasteiger partial charge in [-0.2, -0.15) is 0 Å². The minimum Gasteiger partial charge on any atom is -0.349 e. The van der Waals surface area contributed by atoms with Crippen LogP contribution in [0.1, 0.15) is 95.8 Å². The van der Waals surface area contributed by atoms with Crippen LogP contribution in [0.25, 0.3) is 27.5 Å². The summed E-state index contributed by atoms with van der Waals surface area (Å²) in [6, 6.07) is 15.9. The number of carbonyl (C=O) groups excluding carboxylic acids is 2. The summed E-state index contributed by atoms with van der Waals surface area (Å²) in [5.74, 6) is 0.137. The van der Waals surface area contributed by atoms with Gasteiger partial charge in [-0.25, -0.2) is 4.98 Å². The van der Waals surface area contributed by atoms with Crippen molar-refractivity contribution in [3.8, 4) is 27.5 Å². The third-order valence-electron chi connectivity index (χ3n) is 9.87. The topological polar surface area (TPSA) is 96.3 Å². The van der Waals surface area contributed by atoms with Crippen molar-refractivity contribution < 1.29 is 9.59 Å². The number of aryl methyl sites for hydroxylation is 3. The lowest BCUT2D eigenvalue weighted by molar-refractivity contribution is 0.0733. The number of rotatable bonds is 10. The van der Waals surface area contributed by atoms with Crippen LogP contribution >= 0.6 is 11.3 Å². The number of hydrogen-bond donors (Lipinski definition) is 2. The number of nitrogens with one attached hydrogen (secondary N) is 2. The van der Waals surface area contributed by atoms with Crippen molar-refractivity contribution in [2.24, 2.45) is 5.92 Å². The van der Waals surface area contributed by atoms with Crippen LogP contribution in [0.5, 0.6) is 0 Å². The SMILES string of the molecule is CCc1cccc(CC)c1-n1c(CC(C)C)c(C(=O)N2CCNCC2)cc(-c2nc(-c3ccc(C(=O)NC4CCCC4)cc3)c(C)s2)c1=O. The molecule has 2 amide bonds. The Labute approximate surface area is 294 Å². The summed E-state index contributed by atoms with van der Waals surface area (Å²) < 4.78 is 1.86. The number of hydrogen-bond acceptors (Lipinski definition) is 6. The molecule has 0 spiro atoms. The average Bonchev–Trinajstić information content (AvgIpc) is 3.77. The highest BCUT2D eigenvalue weighted by molar-refractivity contribution is 7.15. The van der Waals surface area contributed by atoms with Crippen LogP contribution < -0.4 is 16.2 Å². The number of para-hydroxylation sites is 1. The number of nitrogens with zero attached hydrogens (tertiary/aromatic N) is 3. The maximum absolute atomic E-state index is 14.9. The highest BCUT2D eigenvalue weighted by Crippen LogP contribution is 2.35. The summed E-state index contributed by atoms with van der Waals surface area (Å²) in [6.07, 6.45) is 6.52. The molecular weight excluding hydrogens is 631 g/mol. The number of aromatic nitrogens is 2. The second-order valence-corrected chi connectivity index (χ2v) is 15.0. The Morgan fingerprint density at radius 3 is 2.27 bits per heavy atom. The predicted octanol–water partition coefficient (Wildman–Crippen LogP) is 6.98. The largest absolute Gasteiger partial charge is 0.349 e. The van der Waals surface area contributed by atoms with Crippen molar-refractivity contribution in [2.75, 3.05) is 26.2 Å². The predicted molar refractivity (Wildman–Crippen MR) is 199 cm³/mol. The molecule has 0 bridgehead atoms. The van der Waals surface area contributed by atoms with Crippen molar-refractivity contribution in [3.63, 3.8) is 0 Å². The maximum atomic E-state index is 14.9. The molecule has 258 valence electrons. The van der Waals surface area contributed by atoms with E-state index in [0.29, 0.717) is 41.2 Å². The first-order chi connectivity index (χ1) is 23.7. The van der Waals surface area contributed by atoms with Gasteiger partial charge in [0.25, 0.3) is 17.4 Å². The van der Waals surface area contributed by atoms with Gasteiger partial charge >= 0.3 is 0 Å². The number of carbonyl (C=O) groups is 2. The highest BCUT2D eigenvalue weighted by Gasteiger charge is 2.29. The minimum absolute atomic E-state index is 0.0425. The van der Waals surface area contributed by atoms with Crippen LogP contribution in [0.4, 0.5) is 0 Å². The lowest BCUT2D eigenvalue weighted by Gasteiger charge is -2.30. The summed E-state index contributed by atoms with van der Waals surface area (Å²) >= 11 is 1.47. The fourth-order valence-electron chi connectivity index (χ4n) is 7.25. The molecule has 2 fully saturated rings. The van der Waals surface area contributed by atoms with Gasteiger partial charge in [0.1, 0.15) is 5.01 Å². The molecule has 2 aromatic carbocycles. The summed E-state index contributed by atoms with van der Waals surface area (Å²) in [5, 5.41) is 7.10. The highest BCUT2D eigenvalue weighted by atomic mass is 32.1. The molecule has 0 radical (unpaired) electrons. The summed E-state index contributed by atoms with van der Waals surface area (Å²) in [6.45, 7) is 13.2. The first-order valence-corrected chi connectivity index (χ1v) is 18.8. The Bertz CT molecular complexity index is 1860. The molecule has 4 aromatic rings. The Kier molecular flexibility index (Phi) is 10.8. The molecule has 1 saturated heterocycles. The van der Waals surface area contributed by atoms with Gasteiger partial charge < -0.3 is 15.5 Å². The van der Waals surface area contributed by atoms with Gasteiger partial charge in [-0.15, -0.1) is 11.3 Å². The van der Waals surface area contributed by atoms with E-state index < -0.39 is 0 Å². The smallest absolute Gasteiger partial charge is 0.265 e. The lowest BCUT2D eigenvalue weighted by atomic mass is 9.97. The van der Waals surface area contributed by atoms with E-state index in [4.69, 9.17) is 4.98 Å². The van der Waals surface area contributed by atoms with E-state index in [-0.39, 0.29) is 29.3 Å². The first-order valence-electron chi connectivity index (χ1n) is 18.0. The molecule has 0 atom stereocenters. The van der Waals surface area contributed by atoms with Crippen molar-refractivity contribution in [3.05, 3.63) is 91.7 Å². The Hall–Kier alpha value is -4.08. The molecule has 1 aliphatic carbocycles. The van der Waals surface area contributed by atoms with Gasteiger partial charge in [0, 0.05) is 53.9 Å². The fourth-order valence-corrected chi connectivity index (χ4v) is 8.20. The van der Waals surface area contributed by atoms with Gasteiger partial charge in [-0.1, -0.05) is 70.9 Å². The van der Waals surface area contributed by atoms with Gasteiger partial charge in [0.15, 0.2) is 0 Å². The molecule has 2 N–H and O–H groups in total. The molecule has 6 rings (SSSR count). The maximum Gasteiger partial charge on any atom is 0.265 e. The molecule has 1 saturated carbocycles. The Morgan fingerprint density at radius 2 is 1.65 bits per heavy atom. The van der Waals surface area contributed by atoms with Gasteiger partial charge in [-0.3, -0.25) is 19.0 Å². The van der Waals surface area contributed by atoms with E-state index in [1.54, 1.807) is 0 Å². The zero-order valence-electron chi connectivity index (χ0n) is 29.5. The number of pyridine rings is 1. The monoisotopic (exact) mass is 679 g/mol. The van der Waals surface area contributed by atoms with Gasteiger partial charge in [0.2, 0.25) is 0 Å². The van der Waals surface area contributed by atoms with Crippen LogP contribution in [-0.4, -0.2) is 58.5 Å². The van der Waals surface area contributed by atoms with E-state index in [9.17, 15) is 14.4 Å². The Balaban J connectivity index is 1.49. The van der Waals surface area contributed by atoms with Crippen LogP contribution in [0.15, 0.2) is 53.3 Å². The molecule has 2 aromatic heterocycles. The molecule has 1 aliphatic heterocycles. The normalized spacial score (nSPS) is 15.3. The molecule has 49 heavy (non-hydrogen) atoms. The number of amides is 2. The summed E-state index contributed by atoms with van der Waals surface area (Å²) in [4.78, 5) is 50.2. The number of thiazole rings is 1. The van der Waals surface area contributed by atoms with Crippen molar-refractivity contribution in [1.29, 1.82) is 0 Å². The van der Waals surface area contributed by atoms with Crippen LogP contribution in [0, 0.1) is 12.8 Å². The Morgan fingerprint density at radius 1 is 1.00 bits per heavy atom. The lowest BCUT2D eigenvalue weighted by Crippen LogP contribution is -2.47. The van der Waals surface area contributed by atoms with E-state index in [1.165, 1.54) is 11.3 Å². The van der Waals surface area contributed by atoms with E-state index in [0.717, 1.165) is 90.3 Å². The average molecular weight is 680 g/mol. The van der Waals surface area contributed by atoms with Crippen LogP contribution in [-0.2, 0) is 19.3 Å². The molecule has 2 aliphatic rings. The van der Waals surface area contributed by atoms with Gasteiger partial charge in [-0.05, 0) is 74.3 Å². The summed E-state index contributed by atoms with van der Waals surface area (Å²) in [7, 11) is 0. The number of benzene rings is 2. The third kappa shape index (κ3) is 7.29. The fraction of sp³-hybridized carbons (Fsp3) is 0.450. The first kappa shape index (κ1) is 34.8. The minimum atomic E-state index is -0.151. The van der Waals surface area contributed by atoms with Crippen molar-refractivity contribution in [1.82, 2.24) is 25.1 Å². The summed E-state index contributed by atoms with van der Waals surface area (Å²) in [5.41, 5.74) is 6.97. The second kappa shape index (κ2) is 15.2. The second-order valence-electron chi connectivity index (χ2n) is 13.8. The van der Waals surface area contributed by atoms with E-state index in [1.807, 2.05) is 46.7 Å². The molecule has 0 unspecified atom stereocenters. The van der Waals surface area contributed by atoms with Crippen LogP contribution in [0.3, 0.4) is 0 Å². The molecular formula is C40H49N5O3S. The quantitative estimate of drug-likeness (QED) is 0.189.